The van der Waals surface area contributed by atoms with Crippen LogP contribution in [0.3, 0.4) is 0 Å². The molecular formula is C18H26O2. The maximum atomic E-state index is 5.84. The zero-order chi connectivity index (χ0) is 14.3. The minimum atomic E-state index is -0.237. The van der Waals surface area contributed by atoms with E-state index < -0.39 is 0 Å². The third-order valence-corrected chi connectivity index (χ3v) is 5.52. The fraction of sp³-hybridized carbons (Fsp3) is 0.667. The molecular weight excluding hydrogens is 248 g/mol. The van der Waals surface area contributed by atoms with Gasteiger partial charge in [0.25, 0.3) is 0 Å². The molecule has 2 heteroatoms. The minimum absolute atomic E-state index is 0.237. The lowest BCUT2D eigenvalue weighted by Crippen LogP contribution is -2.34. The summed E-state index contributed by atoms with van der Waals surface area (Å²) in [5.74, 6) is 0.436. The van der Waals surface area contributed by atoms with E-state index in [0.717, 1.165) is 26.1 Å². The molecule has 20 heavy (non-hydrogen) atoms. The normalized spacial score (nSPS) is 22.6. The molecule has 0 radical (unpaired) electrons. The van der Waals surface area contributed by atoms with Crippen LogP contribution < -0.4 is 0 Å². The van der Waals surface area contributed by atoms with E-state index in [-0.39, 0.29) is 5.79 Å². The van der Waals surface area contributed by atoms with Crippen molar-refractivity contribution in [3.8, 4) is 0 Å². The second kappa shape index (κ2) is 5.16. The van der Waals surface area contributed by atoms with Crippen LogP contribution in [-0.4, -0.2) is 19.0 Å². The molecule has 1 aromatic carbocycles. The van der Waals surface area contributed by atoms with Gasteiger partial charge in [-0.25, -0.2) is 0 Å². The van der Waals surface area contributed by atoms with Gasteiger partial charge in [0.05, 0.1) is 13.2 Å². The van der Waals surface area contributed by atoms with Crippen LogP contribution in [0.5, 0.6) is 0 Å². The summed E-state index contributed by atoms with van der Waals surface area (Å²) in [6, 6.07) is 2.41. The Labute approximate surface area is 122 Å². The number of rotatable bonds is 1. The Morgan fingerprint density at radius 2 is 1.50 bits per heavy atom. The molecule has 2 aliphatic rings. The van der Waals surface area contributed by atoms with Gasteiger partial charge in [-0.1, -0.05) is 6.07 Å². The van der Waals surface area contributed by atoms with Crippen LogP contribution in [0.15, 0.2) is 6.07 Å². The molecule has 0 N–H and O–H groups in total. The second-order valence-electron chi connectivity index (χ2n) is 6.54. The quantitative estimate of drug-likeness (QED) is 0.759. The average molecular weight is 274 g/mol. The predicted molar refractivity (Wildman–Crippen MR) is 81.2 cm³/mol. The van der Waals surface area contributed by atoms with Crippen molar-refractivity contribution in [1.29, 1.82) is 0 Å². The van der Waals surface area contributed by atoms with Crippen molar-refractivity contribution >= 4 is 0 Å². The molecule has 3 rings (SSSR count). The van der Waals surface area contributed by atoms with Gasteiger partial charge in [0.1, 0.15) is 0 Å². The first-order chi connectivity index (χ1) is 9.52. The van der Waals surface area contributed by atoms with E-state index in [1.807, 2.05) is 0 Å². The van der Waals surface area contributed by atoms with Crippen LogP contribution in [0.2, 0.25) is 0 Å². The summed E-state index contributed by atoms with van der Waals surface area (Å²) in [6.07, 6.45) is 4.46. The molecule has 1 heterocycles. The largest absolute Gasteiger partial charge is 0.348 e. The van der Waals surface area contributed by atoms with Crippen molar-refractivity contribution in [2.45, 2.75) is 65.1 Å². The number of hydrogen-bond acceptors (Lipinski definition) is 2. The van der Waals surface area contributed by atoms with E-state index in [4.69, 9.17) is 9.47 Å². The van der Waals surface area contributed by atoms with Crippen LogP contribution >= 0.6 is 0 Å². The fourth-order valence-corrected chi connectivity index (χ4v) is 3.82. The monoisotopic (exact) mass is 274 g/mol. The molecule has 0 atom stereocenters. The van der Waals surface area contributed by atoms with E-state index in [1.165, 1.54) is 35.1 Å². The van der Waals surface area contributed by atoms with Gasteiger partial charge < -0.3 is 9.47 Å². The van der Waals surface area contributed by atoms with Gasteiger partial charge in [-0.15, -0.1) is 0 Å². The maximum Gasteiger partial charge on any atom is 0.168 e. The van der Waals surface area contributed by atoms with Gasteiger partial charge in [-0.2, -0.15) is 0 Å². The van der Waals surface area contributed by atoms with Gasteiger partial charge in [-0.3, -0.25) is 0 Å². The van der Waals surface area contributed by atoms with E-state index in [1.54, 1.807) is 5.56 Å². The highest BCUT2D eigenvalue weighted by Gasteiger charge is 2.40. The van der Waals surface area contributed by atoms with Crippen molar-refractivity contribution in [1.82, 2.24) is 0 Å². The average Bonchev–Trinajstić information content (AvgIpc) is 2.90. The molecule has 2 fully saturated rings. The number of hydrogen-bond donors (Lipinski definition) is 0. The summed E-state index contributed by atoms with van der Waals surface area (Å²) in [6.45, 7) is 10.5. The summed E-state index contributed by atoms with van der Waals surface area (Å²) >= 11 is 0. The highest BCUT2D eigenvalue weighted by atomic mass is 16.7. The van der Waals surface area contributed by atoms with Gasteiger partial charge in [0.15, 0.2) is 5.79 Å². The molecule has 1 spiro atoms. The number of ether oxygens (including phenoxy) is 2. The Balaban J connectivity index is 1.81. The van der Waals surface area contributed by atoms with E-state index in [9.17, 15) is 0 Å². The molecule has 0 aromatic heterocycles. The second-order valence-corrected chi connectivity index (χ2v) is 6.54. The highest BCUT2D eigenvalue weighted by molar-refractivity contribution is 5.45. The van der Waals surface area contributed by atoms with Gasteiger partial charge in [0, 0.05) is 12.8 Å². The van der Waals surface area contributed by atoms with Gasteiger partial charge in [0.2, 0.25) is 0 Å². The lowest BCUT2D eigenvalue weighted by atomic mass is 9.77. The third-order valence-electron chi connectivity index (χ3n) is 5.52. The molecule has 2 nitrogen and oxygen atoms in total. The number of benzene rings is 1. The van der Waals surface area contributed by atoms with E-state index >= 15 is 0 Å². The van der Waals surface area contributed by atoms with E-state index in [2.05, 4.69) is 33.8 Å². The first kappa shape index (κ1) is 14.1. The Morgan fingerprint density at radius 3 is 2.10 bits per heavy atom. The smallest absolute Gasteiger partial charge is 0.168 e. The lowest BCUT2D eigenvalue weighted by Gasteiger charge is -2.36. The third kappa shape index (κ3) is 2.29. The summed E-state index contributed by atoms with van der Waals surface area (Å²) in [5, 5.41) is 0. The zero-order valence-corrected chi connectivity index (χ0v) is 13.2. The molecule has 0 bridgehead atoms. The van der Waals surface area contributed by atoms with Crippen LogP contribution in [0.4, 0.5) is 0 Å². The summed E-state index contributed by atoms with van der Waals surface area (Å²) < 4.78 is 11.7. The molecule has 0 amide bonds. The van der Waals surface area contributed by atoms with Crippen LogP contribution in [0.1, 0.15) is 59.4 Å². The van der Waals surface area contributed by atoms with E-state index in [0.29, 0.717) is 5.92 Å². The fourth-order valence-electron chi connectivity index (χ4n) is 3.82. The van der Waals surface area contributed by atoms with Crippen LogP contribution in [-0.2, 0) is 9.47 Å². The van der Waals surface area contributed by atoms with Crippen LogP contribution in [0.25, 0.3) is 0 Å². The summed E-state index contributed by atoms with van der Waals surface area (Å²) in [7, 11) is 0. The summed E-state index contributed by atoms with van der Waals surface area (Å²) in [5.41, 5.74) is 7.38. The molecule has 110 valence electrons. The highest BCUT2D eigenvalue weighted by Crippen LogP contribution is 2.43. The van der Waals surface area contributed by atoms with Crippen molar-refractivity contribution in [2.24, 2.45) is 0 Å². The summed E-state index contributed by atoms with van der Waals surface area (Å²) in [4.78, 5) is 0. The zero-order valence-electron chi connectivity index (χ0n) is 13.2. The number of aryl methyl sites for hydroxylation is 1. The lowest BCUT2D eigenvalue weighted by molar-refractivity contribution is -0.178. The maximum absolute atomic E-state index is 5.84. The van der Waals surface area contributed by atoms with Crippen molar-refractivity contribution in [3.63, 3.8) is 0 Å². The van der Waals surface area contributed by atoms with Crippen molar-refractivity contribution in [2.75, 3.05) is 13.2 Å². The molecule has 1 saturated heterocycles. The topological polar surface area (TPSA) is 18.5 Å². The Bertz CT molecular complexity index is 503. The minimum Gasteiger partial charge on any atom is -0.348 e. The molecule has 1 aromatic rings. The van der Waals surface area contributed by atoms with Gasteiger partial charge >= 0.3 is 0 Å². The van der Waals surface area contributed by atoms with Crippen molar-refractivity contribution in [3.05, 3.63) is 33.9 Å². The molecule has 1 aliphatic heterocycles. The van der Waals surface area contributed by atoms with Crippen LogP contribution in [0, 0.1) is 27.7 Å². The SMILES string of the molecule is Cc1cc(C2CCC3(CC2)OCCO3)c(C)c(C)c1C. The standard InChI is InChI=1S/C18H26O2/c1-12-11-17(15(4)14(3)13(12)2)16-5-7-18(8-6-16)19-9-10-20-18/h11,16H,5-10H2,1-4H3. The first-order valence-electron chi connectivity index (χ1n) is 7.88. The Morgan fingerprint density at radius 1 is 0.900 bits per heavy atom. The predicted octanol–water partition coefficient (Wildman–Crippen LogP) is 4.32. The van der Waals surface area contributed by atoms with Crippen molar-refractivity contribution < 1.29 is 9.47 Å². The molecule has 1 saturated carbocycles. The Kier molecular flexibility index (Phi) is 3.64. The molecule has 1 aliphatic carbocycles. The Hall–Kier alpha value is -0.860. The molecule has 0 unspecified atom stereocenters. The van der Waals surface area contributed by atoms with Gasteiger partial charge in [-0.05, 0) is 74.3 Å². The first-order valence-corrected chi connectivity index (χ1v) is 7.88.